The number of rotatable bonds is 3. The quantitative estimate of drug-likeness (QED) is 0.853. The molecule has 0 aliphatic heterocycles. The second-order valence-corrected chi connectivity index (χ2v) is 5.13. The van der Waals surface area contributed by atoms with E-state index in [0.29, 0.717) is 5.13 Å². The van der Waals surface area contributed by atoms with E-state index < -0.39 is 6.09 Å². The van der Waals surface area contributed by atoms with Crippen LogP contribution in [0.25, 0.3) is 0 Å². The lowest BCUT2D eigenvalue weighted by molar-refractivity contribution is 0.131. The summed E-state index contributed by atoms with van der Waals surface area (Å²) in [6.45, 7) is 5.96. The summed E-state index contributed by atoms with van der Waals surface area (Å²) in [6, 6.07) is 0. The molecule has 2 N–H and O–H groups in total. The van der Waals surface area contributed by atoms with Gasteiger partial charge in [-0.2, -0.15) is 0 Å². The van der Waals surface area contributed by atoms with Gasteiger partial charge in [0.05, 0.1) is 12.3 Å². The molecule has 0 bridgehead atoms. The molecule has 0 saturated carbocycles. The smallest absolute Gasteiger partial charge is 0.413 e. The monoisotopic (exact) mass is 244 g/mol. The molecule has 5 nitrogen and oxygen atoms in total. The van der Waals surface area contributed by atoms with E-state index in [1.165, 1.54) is 11.3 Å². The van der Waals surface area contributed by atoms with E-state index in [0.717, 1.165) is 5.69 Å². The highest BCUT2D eigenvalue weighted by atomic mass is 32.1. The van der Waals surface area contributed by atoms with Crippen molar-refractivity contribution in [1.29, 1.82) is 0 Å². The number of aliphatic hydroxyl groups excluding tert-OH is 1. The number of thiazole rings is 1. The van der Waals surface area contributed by atoms with Gasteiger partial charge in [0.2, 0.25) is 0 Å². The maximum Gasteiger partial charge on any atom is 0.413 e. The number of aliphatic hydroxyl groups is 1. The van der Waals surface area contributed by atoms with Crippen molar-refractivity contribution in [2.45, 2.75) is 26.2 Å². The Bertz CT molecular complexity index is 357. The van der Waals surface area contributed by atoms with Gasteiger partial charge in [-0.05, 0) is 0 Å². The molecule has 0 aromatic carbocycles. The molecule has 0 radical (unpaired) electrons. The molecule has 1 amide bonds. The van der Waals surface area contributed by atoms with Crippen LogP contribution in [0.3, 0.4) is 0 Å². The summed E-state index contributed by atoms with van der Waals surface area (Å²) in [5.41, 5.74) is 0.890. The van der Waals surface area contributed by atoms with Gasteiger partial charge in [0.1, 0.15) is 6.61 Å². The van der Waals surface area contributed by atoms with Crippen LogP contribution in [0.4, 0.5) is 9.93 Å². The van der Waals surface area contributed by atoms with Crippen molar-refractivity contribution in [3.8, 4) is 0 Å². The Balaban J connectivity index is 2.56. The van der Waals surface area contributed by atoms with Gasteiger partial charge in [-0.3, -0.25) is 5.32 Å². The normalized spacial score (nSPS) is 11.2. The number of anilines is 1. The summed E-state index contributed by atoms with van der Waals surface area (Å²) in [5.74, 6) is 0. The first-order valence-electron chi connectivity index (χ1n) is 4.94. The predicted molar refractivity (Wildman–Crippen MR) is 62.9 cm³/mol. The molecule has 6 heteroatoms. The standard InChI is InChI=1S/C10H16N2O3S/c1-10(2,3)7-6-16-8(11-7)12-9(14)15-5-4-13/h6,13H,4-5H2,1-3H3,(H,11,12,14). The van der Waals surface area contributed by atoms with Gasteiger partial charge in [0.25, 0.3) is 0 Å². The Labute approximate surface area is 98.5 Å². The fourth-order valence-electron chi connectivity index (χ4n) is 0.937. The topological polar surface area (TPSA) is 71.5 Å². The molecule has 1 heterocycles. The number of hydrogen-bond donors (Lipinski definition) is 2. The lowest BCUT2D eigenvalue weighted by atomic mass is 9.93. The van der Waals surface area contributed by atoms with Crippen molar-refractivity contribution < 1.29 is 14.6 Å². The number of hydrogen-bond acceptors (Lipinski definition) is 5. The average Bonchev–Trinajstić information content (AvgIpc) is 2.62. The fraction of sp³-hybridized carbons (Fsp3) is 0.600. The molecule has 0 unspecified atom stereocenters. The molecule has 90 valence electrons. The molecule has 1 aromatic heterocycles. The third-order valence-electron chi connectivity index (χ3n) is 1.81. The summed E-state index contributed by atoms with van der Waals surface area (Å²) in [7, 11) is 0. The second-order valence-electron chi connectivity index (χ2n) is 4.27. The van der Waals surface area contributed by atoms with Gasteiger partial charge >= 0.3 is 6.09 Å². The minimum atomic E-state index is -0.594. The van der Waals surface area contributed by atoms with Crippen LogP contribution >= 0.6 is 11.3 Å². The molecule has 1 aromatic rings. The number of nitrogens with zero attached hydrogens (tertiary/aromatic N) is 1. The van der Waals surface area contributed by atoms with Crippen LogP contribution in [-0.2, 0) is 10.2 Å². The van der Waals surface area contributed by atoms with Crippen LogP contribution < -0.4 is 5.32 Å². The van der Waals surface area contributed by atoms with Gasteiger partial charge in [-0.1, -0.05) is 20.8 Å². The minimum Gasteiger partial charge on any atom is -0.447 e. The molecule has 0 saturated heterocycles. The van der Waals surface area contributed by atoms with Crippen molar-refractivity contribution in [3.63, 3.8) is 0 Å². The van der Waals surface area contributed by atoms with Crippen molar-refractivity contribution in [2.24, 2.45) is 0 Å². The van der Waals surface area contributed by atoms with Crippen molar-refractivity contribution in [2.75, 3.05) is 18.5 Å². The van der Waals surface area contributed by atoms with Crippen molar-refractivity contribution >= 4 is 22.6 Å². The summed E-state index contributed by atoms with van der Waals surface area (Å²) in [5, 5.41) is 13.4. The minimum absolute atomic E-state index is 0.0106. The van der Waals surface area contributed by atoms with E-state index in [1.807, 2.05) is 5.38 Å². The number of carbonyl (C=O) groups excluding carboxylic acids is 1. The van der Waals surface area contributed by atoms with E-state index in [2.05, 4.69) is 35.8 Å². The Morgan fingerprint density at radius 2 is 2.31 bits per heavy atom. The Morgan fingerprint density at radius 1 is 1.62 bits per heavy atom. The van der Waals surface area contributed by atoms with E-state index >= 15 is 0 Å². The molecule has 1 rings (SSSR count). The number of carbonyl (C=O) groups is 1. The molecular formula is C10H16N2O3S. The van der Waals surface area contributed by atoms with Gasteiger partial charge < -0.3 is 9.84 Å². The third kappa shape index (κ3) is 3.79. The molecule has 0 fully saturated rings. The van der Waals surface area contributed by atoms with Crippen LogP contribution in [-0.4, -0.2) is 29.4 Å². The highest BCUT2D eigenvalue weighted by molar-refractivity contribution is 7.13. The Morgan fingerprint density at radius 3 is 2.81 bits per heavy atom. The van der Waals surface area contributed by atoms with Crippen molar-refractivity contribution in [1.82, 2.24) is 4.98 Å². The molecule has 0 aliphatic rings. The zero-order valence-electron chi connectivity index (χ0n) is 9.61. The van der Waals surface area contributed by atoms with E-state index in [9.17, 15) is 4.79 Å². The number of aromatic nitrogens is 1. The summed E-state index contributed by atoms with van der Waals surface area (Å²) in [4.78, 5) is 15.4. The molecule has 0 spiro atoms. The maximum absolute atomic E-state index is 11.2. The first kappa shape index (κ1) is 12.9. The van der Waals surface area contributed by atoms with Crippen LogP contribution in [0.2, 0.25) is 0 Å². The fourth-order valence-corrected chi connectivity index (χ4v) is 1.86. The summed E-state index contributed by atoms with van der Waals surface area (Å²) >= 11 is 1.35. The van der Waals surface area contributed by atoms with E-state index in [1.54, 1.807) is 0 Å². The maximum atomic E-state index is 11.2. The first-order valence-corrected chi connectivity index (χ1v) is 5.82. The van der Waals surface area contributed by atoms with Crippen LogP contribution in [0.15, 0.2) is 5.38 Å². The zero-order valence-corrected chi connectivity index (χ0v) is 10.4. The van der Waals surface area contributed by atoms with E-state index in [-0.39, 0.29) is 18.6 Å². The third-order valence-corrected chi connectivity index (χ3v) is 2.56. The number of amides is 1. The summed E-state index contributed by atoms with van der Waals surface area (Å²) < 4.78 is 4.66. The van der Waals surface area contributed by atoms with Crippen molar-refractivity contribution in [3.05, 3.63) is 11.1 Å². The van der Waals surface area contributed by atoms with E-state index in [4.69, 9.17) is 5.11 Å². The largest absolute Gasteiger partial charge is 0.447 e. The van der Waals surface area contributed by atoms with Crippen LogP contribution in [0.5, 0.6) is 0 Å². The lowest BCUT2D eigenvalue weighted by Crippen LogP contribution is -2.16. The van der Waals surface area contributed by atoms with Gasteiger partial charge in [0, 0.05) is 10.8 Å². The van der Waals surface area contributed by atoms with Gasteiger partial charge in [0.15, 0.2) is 5.13 Å². The summed E-state index contributed by atoms with van der Waals surface area (Å²) in [6.07, 6.45) is -0.594. The molecule has 0 atom stereocenters. The van der Waals surface area contributed by atoms with Crippen LogP contribution in [0, 0.1) is 0 Å². The highest BCUT2D eigenvalue weighted by Gasteiger charge is 2.18. The SMILES string of the molecule is CC(C)(C)c1csc(NC(=O)OCCO)n1. The molecule has 0 aliphatic carbocycles. The zero-order chi connectivity index (χ0) is 12.2. The first-order chi connectivity index (χ1) is 7.43. The Kier molecular flexibility index (Phi) is 4.26. The Hall–Kier alpha value is -1.14. The lowest BCUT2D eigenvalue weighted by Gasteiger charge is -2.14. The van der Waals surface area contributed by atoms with Gasteiger partial charge in [-0.25, -0.2) is 9.78 Å². The molecular weight excluding hydrogens is 228 g/mol. The van der Waals surface area contributed by atoms with Gasteiger partial charge in [-0.15, -0.1) is 11.3 Å². The second kappa shape index (κ2) is 5.27. The number of nitrogens with one attached hydrogen (secondary N) is 1. The average molecular weight is 244 g/mol. The highest BCUT2D eigenvalue weighted by Crippen LogP contribution is 2.26. The molecule has 16 heavy (non-hydrogen) atoms. The predicted octanol–water partition coefficient (Wildman–Crippen LogP) is 1.98. The van der Waals surface area contributed by atoms with Crippen LogP contribution in [0.1, 0.15) is 26.5 Å². The number of ether oxygens (including phenoxy) is 1.